The van der Waals surface area contributed by atoms with Crippen molar-refractivity contribution < 1.29 is 18.0 Å². The lowest BCUT2D eigenvalue weighted by atomic mass is 9.94. The smallest absolute Gasteiger partial charge is 0.292 e. The molecule has 1 aromatic heterocycles. The molecule has 6 nitrogen and oxygen atoms in total. The molecule has 0 unspecified atom stereocenters. The summed E-state index contributed by atoms with van der Waals surface area (Å²) in [5.41, 5.74) is 1.11. The van der Waals surface area contributed by atoms with E-state index in [2.05, 4.69) is 9.71 Å². The van der Waals surface area contributed by atoms with E-state index >= 15 is 0 Å². The van der Waals surface area contributed by atoms with E-state index in [1.807, 2.05) is 0 Å². The van der Waals surface area contributed by atoms with Gasteiger partial charge in [-0.1, -0.05) is 30.3 Å². The maximum atomic E-state index is 12.7. The van der Waals surface area contributed by atoms with E-state index in [9.17, 15) is 18.0 Å². The number of fused-ring (bicyclic) bond motifs is 1. The Kier molecular flexibility index (Phi) is 5.93. The number of hydrogen-bond acceptors (Lipinski definition) is 6. The number of nitrogens with zero attached hydrogens (tertiary/aromatic N) is 1. The Bertz CT molecular complexity index is 1040. The van der Waals surface area contributed by atoms with E-state index in [0.717, 1.165) is 11.3 Å². The van der Waals surface area contributed by atoms with Gasteiger partial charge in [-0.2, -0.15) is 12.8 Å². The van der Waals surface area contributed by atoms with Crippen molar-refractivity contribution in [2.75, 3.05) is 12.8 Å². The second kappa shape index (κ2) is 8.20. The van der Waals surface area contributed by atoms with Gasteiger partial charge in [0.25, 0.3) is 10.0 Å². The molecule has 1 heterocycles. The lowest BCUT2D eigenvalue weighted by Gasteiger charge is -2.17. The highest BCUT2D eigenvalue weighted by atomic mass is 32.2. The quantitative estimate of drug-likeness (QED) is 0.776. The van der Waals surface area contributed by atoms with Crippen molar-refractivity contribution in [2.24, 2.45) is 4.40 Å². The average Bonchev–Trinajstić information content (AvgIpc) is 3.20. The first kappa shape index (κ1) is 19.5. The molecule has 0 radical (unpaired) electrons. The molecular formula is C18H16N2O4S3. The monoisotopic (exact) mass is 420 g/mol. The molecule has 0 fully saturated rings. The Labute approximate surface area is 165 Å². The van der Waals surface area contributed by atoms with Crippen LogP contribution in [-0.4, -0.2) is 38.6 Å². The highest BCUT2D eigenvalue weighted by Crippen LogP contribution is 2.30. The van der Waals surface area contributed by atoms with E-state index in [0.29, 0.717) is 21.8 Å². The fourth-order valence-electron chi connectivity index (χ4n) is 2.45. The van der Waals surface area contributed by atoms with Gasteiger partial charge in [0.05, 0.1) is 10.6 Å². The summed E-state index contributed by atoms with van der Waals surface area (Å²) in [7, 11) is -2.31. The van der Waals surface area contributed by atoms with Crippen LogP contribution in [0.15, 0.2) is 61.4 Å². The topological polar surface area (TPSA) is 92.7 Å². The zero-order chi connectivity index (χ0) is 19.4. The number of allylic oxidation sites excluding steroid dienone is 2. The number of hydrogen-bond donors (Lipinski definition) is 1. The lowest BCUT2D eigenvalue weighted by molar-refractivity contribution is -0.120. The van der Waals surface area contributed by atoms with Crippen LogP contribution in [-0.2, 0) is 14.8 Å². The van der Waals surface area contributed by atoms with Crippen molar-refractivity contribution in [1.29, 1.82) is 0 Å². The first-order valence-electron chi connectivity index (χ1n) is 8.00. The van der Waals surface area contributed by atoms with Crippen LogP contribution in [0.3, 0.4) is 0 Å². The van der Waals surface area contributed by atoms with Gasteiger partial charge in [0, 0.05) is 30.3 Å². The fraction of sp³-hybridized carbons (Fsp3) is 0.167. The Hall–Kier alpha value is -2.23. The molecule has 1 amide bonds. The lowest BCUT2D eigenvalue weighted by Crippen LogP contribution is -2.19. The number of Topliss-reactive ketones (excluding diaryl/α,β-unsaturated/α-hetero) is 1. The molecule has 140 valence electrons. The predicted molar refractivity (Wildman–Crippen MR) is 108 cm³/mol. The fourth-order valence-corrected chi connectivity index (χ4v) is 5.36. The van der Waals surface area contributed by atoms with Crippen molar-refractivity contribution in [2.45, 2.75) is 10.6 Å². The first-order chi connectivity index (χ1) is 12.9. The Morgan fingerprint density at radius 1 is 1.19 bits per heavy atom. The summed E-state index contributed by atoms with van der Waals surface area (Å²) in [4.78, 5) is 24.5. The number of benzene rings is 1. The third kappa shape index (κ3) is 4.37. The number of carbonyl (C=O) groups excluding carboxylic acids is 2. The third-order valence-electron chi connectivity index (χ3n) is 3.77. The number of amides is 1. The van der Waals surface area contributed by atoms with Crippen LogP contribution in [0.5, 0.6) is 0 Å². The average molecular weight is 421 g/mol. The van der Waals surface area contributed by atoms with E-state index in [-0.39, 0.29) is 28.0 Å². The summed E-state index contributed by atoms with van der Waals surface area (Å²) in [5, 5.41) is 4.19. The first-order valence-corrected chi connectivity index (χ1v) is 11.3. The zero-order valence-corrected chi connectivity index (χ0v) is 16.8. The van der Waals surface area contributed by atoms with Crippen LogP contribution in [0.2, 0.25) is 0 Å². The van der Waals surface area contributed by atoms with Crippen molar-refractivity contribution in [3.8, 4) is 0 Å². The second-order valence-electron chi connectivity index (χ2n) is 5.54. The van der Waals surface area contributed by atoms with Crippen LogP contribution < -0.4 is 5.32 Å². The minimum absolute atomic E-state index is 0.124. The van der Waals surface area contributed by atoms with Crippen molar-refractivity contribution >= 4 is 50.5 Å². The number of thioether (sulfide) groups is 1. The van der Waals surface area contributed by atoms with Gasteiger partial charge < -0.3 is 5.32 Å². The summed E-state index contributed by atoms with van der Waals surface area (Å²) < 4.78 is 29.2. The molecule has 27 heavy (non-hydrogen) atoms. The molecule has 0 spiro atoms. The largest absolute Gasteiger partial charge is 0.359 e. The summed E-state index contributed by atoms with van der Waals surface area (Å²) in [6.45, 7) is 0. The third-order valence-corrected chi connectivity index (χ3v) is 7.46. The molecular weight excluding hydrogens is 404 g/mol. The van der Waals surface area contributed by atoms with Gasteiger partial charge in [-0.25, -0.2) is 0 Å². The Morgan fingerprint density at radius 2 is 1.93 bits per heavy atom. The van der Waals surface area contributed by atoms with Gasteiger partial charge in [-0.3, -0.25) is 9.59 Å². The summed E-state index contributed by atoms with van der Waals surface area (Å²) in [6, 6.07) is 9.92. The number of nitrogens with one attached hydrogen (secondary N) is 1. The second-order valence-corrected chi connectivity index (χ2v) is 9.45. The Balaban J connectivity index is 1.98. The van der Waals surface area contributed by atoms with Crippen LogP contribution in [0.25, 0.3) is 0 Å². The van der Waals surface area contributed by atoms with E-state index < -0.39 is 10.0 Å². The summed E-state index contributed by atoms with van der Waals surface area (Å²) in [6.07, 6.45) is 1.75. The number of carbonyl (C=O) groups is 2. The molecule has 1 aromatic carbocycles. The van der Waals surface area contributed by atoms with Gasteiger partial charge in [0.15, 0.2) is 5.78 Å². The van der Waals surface area contributed by atoms with Gasteiger partial charge >= 0.3 is 0 Å². The van der Waals surface area contributed by atoms with Gasteiger partial charge in [-0.05, 0) is 17.5 Å². The molecule has 2 aromatic rings. The zero-order valence-electron chi connectivity index (χ0n) is 14.3. The van der Waals surface area contributed by atoms with Gasteiger partial charge in [0.2, 0.25) is 5.91 Å². The van der Waals surface area contributed by atoms with Crippen LogP contribution in [0.1, 0.15) is 22.3 Å². The maximum absolute atomic E-state index is 12.7. The van der Waals surface area contributed by atoms with E-state index in [4.69, 9.17) is 0 Å². The summed E-state index contributed by atoms with van der Waals surface area (Å²) in [5.74, 6) is 0.0885. The molecule has 3 rings (SSSR count). The van der Waals surface area contributed by atoms with Crippen LogP contribution in [0, 0.1) is 0 Å². The molecule has 1 aliphatic rings. The van der Waals surface area contributed by atoms with Crippen molar-refractivity contribution in [3.63, 3.8) is 0 Å². The molecule has 0 saturated heterocycles. The Morgan fingerprint density at radius 3 is 2.59 bits per heavy atom. The van der Waals surface area contributed by atoms with Crippen molar-refractivity contribution in [3.05, 3.63) is 63.9 Å². The molecule has 0 saturated carbocycles. The minimum Gasteiger partial charge on any atom is -0.359 e. The molecule has 1 N–H and O–H groups in total. The molecule has 0 aliphatic heterocycles. The number of thiophene rings is 1. The predicted octanol–water partition coefficient (Wildman–Crippen LogP) is 2.88. The van der Waals surface area contributed by atoms with E-state index in [1.165, 1.54) is 23.9 Å². The SMILES string of the molecule is CNC(=O)CCSC1=CC(=NS(=O)(=O)c2cccs2)c2ccccc2C1=O. The van der Waals surface area contributed by atoms with Gasteiger partial charge in [0.1, 0.15) is 4.21 Å². The normalized spacial score (nSPS) is 15.4. The number of sulfonamides is 1. The van der Waals surface area contributed by atoms with Crippen LogP contribution >= 0.6 is 23.1 Å². The molecule has 0 atom stereocenters. The highest BCUT2D eigenvalue weighted by molar-refractivity contribution is 8.04. The van der Waals surface area contributed by atoms with Gasteiger partial charge in [-0.15, -0.1) is 23.1 Å². The maximum Gasteiger partial charge on any atom is 0.292 e. The van der Waals surface area contributed by atoms with Crippen LogP contribution in [0.4, 0.5) is 0 Å². The van der Waals surface area contributed by atoms with Crippen molar-refractivity contribution in [1.82, 2.24) is 5.32 Å². The highest BCUT2D eigenvalue weighted by Gasteiger charge is 2.26. The molecule has 1 aliphatic carbocycles. The minimum atomic E-state index is -3.86. The summed E-state index contributed by atoms with van der Waals surface area (Å²) >= 11 is 2.31. The number of ketones is 1. The van der Waals surface area contributed by atoms with E-state index in [1.54, 1.807) is 42.8 Å². The number of rotatable bonds is 6. The standard InChI is InChI=1S/C18H16N2O4S3/c1-19-16(21)8-10-25-15-11-14(12-5-2-3-6-13(12)18(15)22)20-27(23,24)17-7-4-9-26-17/h2-7,9,11H,8,10H2,1H3,(H,19,21). The molecule has 0 bridgehead atoms. The molecule has 9 heteroatoms.